The number of nitrogens with one attached hydrogen (secondary N) is 2. The van der Waals surface area contributed by atoms with Crippen molar-refractivity contribution in [2.24, 2.45) is 0 Å². The average Bonchev–Trinajstić information content (AvgIpc) is 2.73. The lowest BCUT2D eigenvalue weighted by atomic mass is 10.0. The average molecular weight is 478 g/mol. The van der Waals surface area contributed by atoms with Crippen molar-refractivity contribution in [3.05, 3.63) is 59.9 Å². The highest BCUT2D eigenvalue weighted by Gasteiger charge is 2.28. The second-order valence-corrected chi connectivity index (χ2v) is 10.5. The lowest BCUT2D eigenvalue weighted by Gasteiger charge is -2.33. The minimum absolute atomic E-state index is 0.116. The smallest absolute Gasteiger partial charge is 0.410 e. The van der Waals surface area contributed by atoms with Gasteiger partial charge < -0.3 is 15.0 Å². The molecule has 1 aliphatic rings. The molecule has 8 nitrogen and oxygen atoms in total. The molecule has 3 rings (SSSR count). The number of anilines is 1. The Morgan fingerprint density at radius 3 is 2.24 bits per heavy atom. The summed E-state index contributed by atoms with van der Waals surface area (Å²) in [4.78, 5) is 26.6. The molecule has 178 valence electrons. The Morgan fingerprint density at radius 2 is 1.64 bits per heavy atom. The minimum Gasteiger partial charge on any atom is -0.444 e. The lowest BCUT2D eigenvalue weighted by molar-refractivity contribution is 0.0199. The largest absolute Gasteiger partial charge is 0.444 e. The molecule has 33 heavy (non-hydrogen) atoms. The van der Waals surface area contributed by atoms with E-state index >= 15 is 0 Å². The van der Waals surface area contributed by atoms with Gasteiger partial charge in [-0.1, -0.05) is 12.1 Å². The van der Waals surface area contributed by atoms with Gasteiger partial charge in [-0.2, -0.15) is 0 Å². The van der Waals surface area contributed by atoms with Crippen molar-refractivity contribution >= 4 is 27.7 Å². The first-order valence-electron chi connectivity index (χ1n) is 10.6. The van der Waals surface area contributed by atoms with Crippen LogP contribution in [0.4, 0.5) is 14.9 Å². The summed E-state index contributed by atoms with van der Waals surface area (Å²) in [5, 5.41) is 2.91. The number of likely N-dealkylation sites (tertiary alicyclic amines) is 1. The zero-order valence-corrected chi connectivity index (χ0v) is 19.6. The van der Waals surface area contributed by atoms with E-state index in [1.54, 1.807) is 37.8 Å². The third kappa shape index (κ3) is 6.67. The quantitative estimate of drug-likeness (QED) is 0.682. The van der Waals surface area contributed by atoms with Gasteiger partial charge >= 0.3 is 6.09 Å². The number of ether oxygens (including phenoxy) is 1. The standard InChI is InChI=1S/C23H28FN3O5S/c1-23(2,3)32-22(29)27-14-12-17(13-15-27)25-21(28)19-6-4-5-7-20(19)26-33(30,31)18-10-8-16(24)9-11-18/h4-11,17,26H,12-15H2,1-3H3,(H,25,28). The Morgan fingerprint density at radius 1 is 1.03 bits per heavy atom. The van der Waals surface area contributed by atoms with Crippen molar-refractivity contribution in [3.63, 3.8) is 0 Å². The van der Waals surface area contributed by atoms with Crippen LogP contribution in [0.15, 0.2) is 53.4 Å². The van der Waals surface area contributed by atoms with E-state index in [2.05, 4.69) is 10.0 Å². The number of benzene rings is 2. The van der Waals surface area contributed by atoms with Gasteiger partial charge in [0.15, 0.2) is 0 Å². The third-order valence-corrected chi connectivity index (χ3v) is 6.40. The first kappa shape index (κ1) is 24.5. The molecule has 0 spiro atoms. The molecule has 1 aliphatic heterocycles. The molecule has 0 bridgehead atoms. The number of hydrogen-bond donors (Lipinski definition) is 2. The molecule has 10 heteroatoms. The Labute approximate surface area is 193 Å². The van der Waals surface area contributed by atoms with Crippen molar-refractivity contribution in [1.29, 1.82) is 0 Å². The van der Waals surface area contributed by atoms with Gasteiger partial charge in [0.25, 0.3) is 15.9 Å². The van der Waals surface area contributed by atoms with Gasteiger partial charge in [0.1, 0.15) is 11.4 Å². The van der Waals surface area contributed by atoms with E-state index in [0.29, 0.717) is 25.9 Å². The van der Waals surface area contributed by atoms with Crippen molar-refractivity contribution in [1.82, 2.24) is 10.2 Å². The maximum absolute atomic E-state index is 13.1. The molecule has 2 aromatic rings. The van der Waals surface area contributed by atoms with Crippen LogP contribution in [0, 0.1) is 5.82 Å². The molecule has 1 saturated heterocycles. The summed E-state index contributed by atoms with van der Waals surface area (Å²) in [6.45, 7) is 6.30. The van der Waals surface area contributed by atoms with Gasteiger partial charge in [0, 0.05) is 19.1 Å². The zero-order valence-electron chi connectivity index (χ0n) is 18.8. The number of para-hydroxylation sites is 1. The number of amides is 2. The summed E-state index contributed by atoms with van der Waals surface area (Å²) < 4.78 is 46.2. The molecule has 2 N–H and O–H groups in total. The number of carbonyl (C=O) groups is 2. The van der Waals surface area contributed by atoms with Gasteiger partial charge in [-0.05, 0) is 70.0 Å². The van der Waals surface area contributed by atoms with Crippen LogP contribution < -0.4 is 10.0 Å². The predicted octanol–water partition coefficient (Wildman–Crippen LogP) is 3.76. The zero-order chi connectivity index (χ0) is 24.2. The van der Waals surface area contributed by atoms with Crippen molar-refractivity contribution in [2.75, 3.05) is 17.8 Å². The highest BCUT2D eigenvalue weighted by molar-refractivity contribution is 7.92. The van der Waals surface area contributed by atoms with E-state index in [1.165, 1.54) is 12.1 Å². The Hall–Kier alpha value is -3.14. The van der Waals surface area contributed by atoms with Crippen LogP contribution in [0.3, 0.4) is 0 Å². The Balaban J connectivity index is 1.64. The summed E-state index contributed by atoms with van der Waals surface area (Å²) in [5.41, 5.74) is -0.295. The third-order valence-electron chi connectivity index (χ3n) is 5.02. The molecule has 0 atom stereocenters. The van der Waals surface area contributed by atoms with Crippen LogP contribution >= 0.6 is 0 Å². The molecular weight excluding hydrogens is 449 g/mol. The van der Waals surface area contributed by atoms with Gasteiger partial charge in [0.2, 0.25) is 0 Å². The van der Waals surface area contributed by atoms with Crippen molar-refractivity contribution in [2.45, 2.75) is 50.2 Å². The van der Waals surface area contributed by atoms with Gasteiger partial charge in [0.05, 0.1) is 16.1 Å². The van der Waals surface area contributed by atoms with Gasteiger partial charge in [-0.3, -0.25) is 9.52 Å². The normalized spacial score (nSPS) is 15.1. The number of nitrogens with zero attached hydrogens (tertiary/aromatic N) is 1. The first-order valence-corrected chi connectivity index (χ1v) is 12.1. The Bertz CT molecular complexity index is 1110. The van der Waals surface area contributed by atoms with Crippen LogP contribution in [0.1, 0.15) is 44.0 Å². The van der Waals surface area contributed by atoms with E-state index < -0.39 is 27.3 Å². The van der Waals surface area contributed by atoms with E-state index in [-0.39, 0.29) is 28.3 Å². The SMILES string of the molecule is CC(C)(C)OC(=O)N1CCC(NC(=O)c2ccccc2NS(=O)(=O)c2ccc(F)cc2)CC1. The van der Waals surface area contributed by atoms with Gasteiger partial charge in [-0.15, -0.1) is 0 Å². The maximum Gasteiger partial charge on any atom is 0.410 e. The molecule has 1 fully saturated rings. The number of carbonyl (C=O) groups excluding carboxylic acids is 2. The number of sulfonamides is 1. The maximum atomic E-state index is 13.1. The number of rotatable bonds is 5. The van der Waals surface area contributed by atoms with E-state index in [1.807, 2.05) is 0 Å². The Kier molecular flexibility index (Phi) is 7.26. The van der Waals surface area contributed by atoms with E-state index in [0.717, 1.165) is 24.3 Å². The van der Waals surface area contributed by atoms with Crippen LogP contribution in [-0.2, 0) is 14.8 Å². The molecule has 0 saturated carbocycles. The summed E-state index contributed by atoms with van der Waals surface area (Å²) in [6.07, 6.45) is 0.718. The molecule has 0 aliphatic carbocycles. The van der Waals surface area contributed by atoms with Crippen LogP contribution in [-0.4, -0.2) is 50.1 Å². The second kappa shape index (κ2) is 9.78. The molecule has 0 aromatic heterocycles. The fraction of sp³-hybridized carbons (Fsp3) is 0.391. The van der Waals surface area contributed by atoms with Crippen molar-refractivity contribution in [3.8, 4) is 0 Å². The lowest BCUT2D eigenvalue weighted by Crippen LogP contribution is -2.47. The molecule has 0 unspecified atom stereocenters. The minimum atomic E-state index is -4.01. The van der Waals surface area contributed by atoms with E-state index in [9.17, 15) is 22.4 Å². The molecule has 2 aromatic carbocycles. The summed E-state index contributed by atoms with van der Waals surface area (Å²) in [5.74, 6) is -0.977. The second-order valence-electron chi connectivity index (χ2n) is 8.82. The van der Waals surface area contributed by atoms with Crippen LogP contribution in [0.2, 0.25) is 0 Å². The first-order chi connectivity index (χ1) is 15.4. The number of halogens is 1. The van der Waals surface area contributed by atoms with Crippen molar-refractivity contribution < 1.29 is 27.1 Å². The number of hydrogen-bond acceptors (Lipinski definition) is 5. The van der Waals surface area contributed by atoms with Gasteiger partial charge in [-0.25, -0.2) is 17.6 Å². The highest BCUT2D eigenvalue weighted by Crippen LogP contribution is 2.22. The topological polar surface area (TPSA) is 105 Å². The molecule has 1 heterocycles. The fourth-order valence-electron chi connectivity index (χ4n) is 3.38. The predicted molar refractivity (Wildman–Crippen MR) is 122 cm³/mol. The molecule has 0 radical (unpaired) electrons. The molecular formula is C23H28FN3O5S. The van der Waals surface area contributed by atoms with Crippen LogP contribution in [0.25, 0.3) is 0 Å². The molecule has 2 amide bonds. The summed E-state index contributed by atoms with van der Waals surface area (Å²) in [6, 6.07) is 10.5. The monoisotopic (exact) mass is 477 g/mol. The fourth-order valence-corrected chi connectivity index (χ4v) is 4.46. The summed E-state index contributed by atoms with van der Waals surface area (Å²) in [7, 11) is -4.01. The van der Waals surface area contributed by atoms with E-state index in [4.69, 9.17) is 4.74 Å². The van der Waals surface area contributed by atoms with Crippen LogP contribution in [0.5, 0.6) is 0 Å². The highest BCUT2D eigenvalue weighted by atomic mass is 32.2. The summed E-state index contributed by atoms with van der Waals surface area (Å²) >= 11 is 0. The number of piperidine rings is 1.